The van der Waals surface area contributed by atoms with Crippen LogP contribution in [0.5, 0.6) is 0 Å². The Labute approximate surface area is 189 Å². The van der Waals surface area contributed by atoms with Crippen molar-refractivity contribution in [1.82, 2.24) is 14.9 Å². The van der Waals surface area contributed by atoms with E-state index < -0.39 is 17.6 Å². The first-order chi connectivity index (χ1) is 15.2. The average molecular weight is 465 g/mol. The van der Waals surface area contributed by atoms with Crippen LogP contribution in [-0.4, -0.2) is 28.0 Å². The Kier molecular flexibility index (Phi) is 6.33. The van der Waals surface area contributed by atoms with E-state index in [0.717, 1.165) is 67.4 Å². The number of halogens is 4. The molecule has 4 rings (SSSR count). The summed E-state index contributed by atoms with van der Waals surface area (Å²) in [7, 11) is 1.98. The molecule has 1 aliphatic rings. The van der Waals surface area contributed by atoms with Crippen molar-refractivity contribution in [3.63, 3.8) is 0 Å². The number of imidazole rings is 1. The van der Waals surface area contributed by atoms with Gasteiger partial charge in [0, 0.05) is 19.6 Å². The minimum Gasteiger partial charge on any atom is -0.355 e. The number of anilines is 1. The van der Waals surface area contributed by atoms with Crippen molar-refractivity contribution in [1.29, 1.82) is 0 Å². The molecule has 1 saturated carbocycles. The molecule has 0 unspecified atom stereocenters. The Hall–Kier alpha value is -2.74. The average Bonchev–Trinajstić information content (AvgIpc) is 3.08. The molecule has 9 heteroatoms. The molecule has 0 aliphatic heterocycles. The molecule has 1 amide bonds. The SMILES string of the molecule is Cn1c(NCC2CCC(NC(=O)c3cc(C(F)(F)F)ccc3Cl)CC2)nc2ccccc21. The number of benzene rings is 2. The molecule has 3 aromatic rings. The van der Waals surface area contributed by atoms with Crippen LogP contribution in [0, 0.1) is 5.92 Å². The van der Waals surface area contributed by atoms with E-state index in [1.54, 1.807) is 0 Å². The van der Waals surface area contributed by atoms with Gasteiger partial charge in [0.15, 0.2) is 0 Å². The second kappa shape index (κ2) is 9.02. The summed E-state index contributed by atoms with van der Waals surface area (Å²) in [6.07, 6.45) is -1.20. The fraction of sp³-hybridized carbons (Fsp3) is 0.391. The molecule has 5 nitrogen and oxygen atoms in total. The largest absolute Gasteiger partial charge is 0.416 e. The first-order valence-corrected chi connectivity index (χ1v) is 10.9. The van der Waals surface area contributed by atoms with E-state index in [-0.39, 0.29) is 16.6 Å². The van der Waals surface area contributed by atoms with Gasteiger partial charge < -0.3 is 15.2 Å². The van der Waals surface area contributed by atoms with Crippen molar-refractivity contribution in [2.45, 2.75) is 37.9 Å². The summed E-state index contributed by atoms with van der Waals surface area (Å²) in [5, 5.41) is 6.28. The molecule has 0 saturated heterocycles. The van der Waals surface area contributed by atoms with Gasteiger partial charge in [0.05, 0.1) is 27.2 Å². The summed E-state index contributed by atoms with van der Waals surface area (Å²) in [5.41, 5.74) is 0.975. The van der Waals surface area contributed by atoms with E-state index in [9.17, 15) is 18.0 Å². The summed E-state index contributed by atoms with van der Waals surface area (Å²) in [4.78, 5) is 17.2. The van der Waals surface area contributed by atoms with Crippen LogP contribution in [0.15, 0.2) is 42.5 Å². The molecule has 1 aliphatic carbocycles. The zero-order valence-corrected chi connectivity index (χ0v) is 18.3. The number of fused-ring (bicyclic) bond motifs is 1. The third kappa shape index (κ3) is 4.85. The second-order valence-electron chi connectivity index (χ2n) is 8.25. The first kappa shape index (κ1) is 22.5. The Morgan fingerprint density at radius 2 is 1.88 bits per heavy atom. The topological polar surface area (TPSA) is 59.0 Å². The smallest absolute Gasteiger partial charge is 0.355 e. The zero-order valence-electron chi connectivity index (χ0n) is 17.5. The quantitative estimate of drug-likeness (QED) is 0.513. The third-order valence-electron chi connectivity index (χ3n) is 6.06. The molecule has 1 aromatic heterocycles. The van der Waals surface area contributed by atoms with Crippen molar-refractivity contribution < 1.29 is 18.0 Å². The number of aromatic nitrogens is 2. The molecule has 170 valence electrons. The minimum atomic E-state index is -4.52. The fourth-order valence-electron chi connectivity index (χ4n) is 4.19. The summed E-state index contributed by atoms with van der Waals surface area (Å²) in [5.74, 6) is 0.684. The number of hydrogen-bond acceptors (Lipinski definition) is 3. The van der Waals surface area contributed by atoms with Crippen LogP contribution in [0.25, 0.3) is 11.0 Å². The molecule has 0 radical (unpaired) electrons. The summed E-state index contributed by atoms with van der Waals surface area (Å²) >= 11 is 5.98. The molecule has 32 heavy (non-hydrogen) atoms. The Bertz CT molecular complexity index is 1120. The number of carbonyl (C=O) groups excluding carboxylic acids is 1. The van der Waals surface area contributed by atoms with Gasteiger partial charge in [-0.05, 0) is 61.9 Å². The second-order valence-corrected chi connectivity index (χ2v) is 8.65. The normalized spacial score (nSPS) is 19.2. The van der Waals surface area contributed by atoms with E-state index in [4.69, 9.17) is 11.6 Å². The van der Waals surface area contributed by atoms with E-state index in [1.807, 2.05) is 35.9 Å². The Morgan fingerprint density at radius 1 is 1.16 bits per heavy atom. The standard InChI is InChI=1S/C23H24ClF3N4O/c1-31-20-5-3-2-4-19(20)30-22(31)28-13-14-6-9-16(10-7-14)29-21(32)17-12-15(23(25,26)27)8-11-18(17)24/h2-5,8,11-12,14,16H,6-7,9-10,13H2,1H3,(H,28,30)(H,29,32). The van der Waals surface area contributed by atoms with Crippen LogP contribution < -0.4 is 10.6 Å². The van der Waals surface area contributed by atoms with Crippen molar-refractivity contribution in [2.24, 2.45) is 13.0 Å². The Morgan fingerprint density at radius 3 is 2.56 bits per heavy atom. The van der Waals surface area contributed by atoms with Crippen molar-refractivity contribution in [2.75, 3.05) is 11.9 Å². The maximum Gasteiger partial charge on any atom is 0.416 e. The minimum absolute atomic E-state index is 0.0100. The molecule has 0 bridgehead atoms. The number of carbonyl (C=O) groups is 1. The van der Waals surface area contributed by atoms with Crippen LogP contribution in [0.4, 0.5) is 19.1 Å². The zero-order chi connectivity index (χ0) is 22.9. The maximum absolute atomic E-state index is 13.0. The van der Waals surface area contributed by atoms with Crippen LogP contribution in [0.2, 0.25) is 5.02 Å². The molecule has 0 atom stereocenters. The highest BCUT2D eigenvalue weighted by Crippen LogP contribution is 2.32. The van der Waals surface area contributed by atoms with E-state index in [1.165, 1.54) is 0 Å². The predicted octanol–water partition coefficient (Wildman–Crippen LogP) is 5.65. The van der Waals surface area contributed by atoms with Crippen LogP contribution in [0.1, 0.15) is 41.6 Å². The molecule has 2 N–H and O–H groups in total. The monoisotopic (exact) mass is 464 g/mol. The lowest BCUT2D eigenvalue weighted by Crippen LogP contribution is -2.38. The van der Waals surface area contributed by atoms with Gasteiger partial charge in [0.2, 0.25) is 5.95 Å². The van der Waals surface area contributed by atoms with Crippen molar-refractivity contribution in [3.8, 4) is 0 Å². The number of rotatable bonds is 5. The van der Waals surface area contributed by atoms with Gasteiger partial charge in [0.25, 0.3) is 5.91 Å². The number of aryl methyl sites for hydroxylation is 1. The third-order valence-corrected chi connectivity index (χ3v) is 6.39. The molecular formula is C23H24ClF3N4O. The number of nitrogens with zero attached hydrogens (tertiary/aromatic N) is 2. The molecule has 1 fully saturated rings. The molecule has 0 spiro atoms. The van der Waals surface area contributed by atoms with Gasteiger partial charge >= 0.3 is 6.18 Å². The number of para-hydroxylation sites is 2. The van der Waals surface area contributed by atoms with Crippen molar-refractivity contribution in [3.05, 3.63) is 58.6 Å². The highest BCUT2D eigenvalue weighted by molar-refractivity contribution is 6.33. The van der Waals surface area contributed by atoms with Gasteiger partial charge in [-0.2, -0.15) is 13.2 Å². The van der Waals surface area contributed by atoms with Gasteiger partial charge in [-0.1, -0.05) is 23.7 Å². The number of amides is 1. The number of alkyl halides is 3. The van der Waals surface area contributed by atoms with E-state index in [2.05, 4.69) is 15.6 Å². The summed E-state index contributed by atoms with van der Waals surface area (Å²) < 4.78 is 40.9. The lowest BCUT2D eigenvalue weighted by atomic mass is 9.86. The van der Waals surface area contributed by atoms with E-state index in [0.29, 0.717) is 5.92 Å². The number of hydrogen-bond donors (Lipinski definition) is 2. The Balaban J connectivity index is 1.30. The molecule has 2 aromatic carbocycles. The van der Waals surface area contributed by atoms with Crippen LogP contribution in [0.3, 0.4) is 0 Å². The van der Waals surface area contributed by atoms with Crippen LogP contribution >= 0.6 is 11.6 Å². The highest BCUT2D eigenvalue weighted by atomic mass is 35.5. The molecular weight excluding hydrogens is 441 g/mol. The maximum atomic E-state index is 13.0. The fourth-order valence-corrected chi connectivity index (χ4v) is 4.39. The van der Waals surface area contributed by atoms with Gasteiger partial charge in [-0.3, -0.25) is 4.79 Å². The predicted molar refractivity (Wildman–Crippen MR) is 119 cm³/mol. The molecule has 1 heterocycles. The lowest BCUT2D eigenvalue weighted by Gasteiger charge is -2.29. The first-order valence-electron chi connectivity index (χ1n) is 10.6. The van der Waals surface area contributed by atoms with Crippen LogP contribution in [-0.2, 0) is 13.2 Å². The summed E-state index contributed by atoms with van der Waals surface area (Å²) in [6, 6.07) is 10.7. The lowest BCUT2D eigenvalue weighted by molar-refractivity contribution is -0.137. The summed E-state index contributed by atoms with van der Waals surface area (Å²) in [6.45, 7) is 0.775. The van der Waals surface area contributed by atoms with Gasteiger partial charge in [-0.15, -0.1) is 0 Å². The van der Waals surface area contributed by atoms with Crippen molar-refractivity contribution >= 4 is 34.5 Å². The van der Waals surface area contributed by atoms with Gasteiger partial charge in [-0.25, -0.2) is 4.98 Å². The highest BCUT2D eigenvalue weighted by Gasteiger charge is 2.32. The van der Waals surface area contributed by atoms with Gasteiger partial charge in [0.1, 0.15) is 0 Å². The number of nitrogens with one attached hydrogen (secondary N) is 2. The van der Waals surface area contributed by atoms with E-state index >= 15 is 0 Å².